The van der Waals surface area contributed by atoms with E-state index in [0.717, 1.165) is 77.0 Å². The quantitative estimate of drug-likeness (QED) is 0.0262. The molecule has 0 rings (SSSR count). The van der Waals surface area contributed by atoms with Crippen molar-refractivity contribution in [3.8, 4) is 0 Å². The smallest absolute Gasteiger partial charge is 0.306 e. The molecular weight excluding hydrogens is 853 g/mol. The van der Waals surface area contributed by atoms with E-state index in [1.54, 1.807) is 0 Å². The van der Waals surface area contributed by atoms with Crippen molar-refractivity contribution in [1.82, 2.24) is 0 Å². The van der Waals surface area contributed by atoms with Crippen LogP contribution in [-0.4, -0.2) is 37.2 Å². The normalized spacial score (nSPS) is 12.3. The maximum absolute atomic E-state index is 12.9. The van der Waals surface area contributed by atoms with Gasteiger partial charge in [-0.2, -0.15) is 0 Å². The zero-order chi connectivity index (χ0) is 50.0. The van der Waals surface area contributed by atoms with Gasteiger partial charge < -0.3 is 14.2 Å². The number of esters is 3. The van der Waals surface area contributed by atoms with Gasteiger partial charge in [0.25, 0.3) is 0 Å². The lowest BCUT2D eigenvalue weighted by Gasteiger charge is -2.18. The van der Waals surface area contributed by atoms with Gasteiger partial charge in [0, 0.05) is 19.3 Å². The fourth-order valence-electron chi connectivity index (χ4n) is 8.74. The predicted octanol–water partition coefficient (Wildman–Crippen LogP) is 20.2. The Labute approximate surface area is 428 Å². The summed E-state index contributed by atoms with van der Waals surface area (Å²) in [6.07, 6.45) is 71.0. The predicted molar refractivity (Wildman–Crippen MR) is 298 cm³/mol. The Bertz CT molecular complexity index is 1200. The van der Waals surface area contributed by atoms with Crippen molar-refractivity contribution in [3.63, 3.8) is 0 Å². The van der Waals surface area contributed by atoms with Crippen LogP contribution in [0.15, 0.2) is 48.6 Å². The first-order chi connectivity index (χ1) is 34.0. The molecule has 0 aromatic rings. The molecule has 402 valence electrons. The van der Waals surface area contributed by atoms with E-state index in [1.165, 1.54) is 199 Å². The molecule has 0 bridgehead atoms. The fourth-order valence-corrected chi connectivity index (χ4v) is 8.74. The monoisotopic (exact) mass is 967 g/mol. The molecule has 69 heavy (non-hydrogen) atoms. The van der Waals surface area contributed by atoms with Gasteiger partial charge >= 0.3 is 17.9 Å². The second kappa shape index (κ2) is 57.9. The van der Waals surface area contributed by atoms with E-state index in [4.69, 9.17) is 14.2 Å². The van der Waals surface area contributed by atoms with Crippen LogP contribution in [0.25, 0.3) is 0 Å². The first kappa shape index (κ1) is 66.4. The number of ether oxygens (including phenoxy) is 3. The van der Waals surface area contributed by atoms with Crippen LogP contribution in [0, 0.1) is 0 Å². The molecule has 0 aliphatic rings. The average molecular weight is 968 g/mol. The Morgan fingerprint density at radius 3 is 0.855 bits per heavy atom. The Balaban J connectivity index is 4.37. The number of hydrogen-bond acceptors (Lipinski definition) is 6. The zero-order valence-electron chi connectivity index (χ0n) is 46.1. The van der Waals surface area contributed by atoms with Gasteiger partial charge in [-0.1, -0.05) is 262 Å². The van der Waals surface area contributed by atoms with E-state index in [-0.39, 0.29) is 31.1 Å². The maximum Gasteiger partial charge on any atom is 0.306 e. The first-order valence-corrected chi connectivity index (χ1v) is 30.1. The number of rotatable bonds is 55. The summed E-state index contributed by atoms with van der Waals surface area (Å²) in [6.45, 7) is 6.64. The largest absolute Gasteiger partial charge is 0.462 e. The van der Waals surface area contributed by atoms with Crippen molar-refractivity contribution in [3.05, 3.63) is 48.6 Å². The lowest BCUT2D eigenvalue weighted by atomic mass is 10.0. The van der Waals surface area contributed by atoms with Crippen LogP contribution < -0.4 is 0 Å². The topological polar surface area (TPSA) is 78.9 Å². The molecule has 0 spiro atoms. The highest BCUT2D eigenvalue weighted by Crippen LogP contribution is 2.16. The minimum Gasteiger partial charge on any atom is -0.462 e. The third kappa shape index (κ3) is 56.2. The van der Waals surface area contributed by atoms with Crippen LogP contribution in [0.1, 0.15) is 316 Å². The summed E-state index contributed by atoms with van der Waals surface area (Å²) < 4.78 is 16.9. The number of allylic oxidation sites excluding steroid dienone is 8. The van der Waals surface area contributed by atoms with Gasteiger partial charge in [-0.25, -0.2) is 0 Å². The molecule has 0 saturated heterocycles. The lowest BCUT2D eigenvalue weighted by Crippen LogP contribution is -2.30. The summed E-state index contributed by atoms with van der Waals surface area (Å²) in [5, 5.41) is 0. The second-order valence-corrected chi connectivity index (χ2v) is 20.3. The molecule has 1 atom stereocenters. The summed E-state index contributed by atoms with van der Waals surface area (Å²) in [4.78, 5) is 38.2. The fraction of sp³-hybridized carbons (Fsp3) is 0.825. The number of carbonyl (C=O) groups is 3. The molecule has 0 aliphatic heterocycles. The molecule has 0 heterocycles. The lowest BCUT2D eigenvalue weighted by molar-refractivity contribution is -0.167. The minimum absolute atomic E-state index is 0.0759. The van der Waals surface area contributed by atoms with Crippen LogP contribution in [-0.2, 0) is 28.6 Å². The van der Waals surface area contributed by atoms with Gasteiger partial charge in [0.15, 0.2) is 6.10 Å². The van der Waals surface area contributed by atoms with E-state index < -0.39 is 6.10 Å². The Hall–Kier alpha value is -2.63. The van der Waals surface area contributed by atoms with Gasteiger partial charge in [-0.3, -0.25) is 14.4 Å². The third-order valence-corrected chi connectivity index (χ3v) is 13.3. The Kier molecular flexibility index (Phi) is 55.7. The second-order valence-electron chi connectivity index (χ2n) is 20.3. The van der Waals surface area contributed by atoms with E-state index >= 15 is 0 Å². The van der Waals surface area contributed by atoms with Crippen molar-refractivity contribution in [2.24, 2.45) is 0 Å². The first-order valence-electron chi connectivity index (χ1n) is 30.1. The van der Waals surface area contributed by atoms with Gasteiger partial charge in [0.1, 0.15) is 13.2 Å². The molecule has 0 N–H and O–H groups in total. The summed E-state index contributed by atoms with van der Waals surface area (Å²) in [7, 11) is 0. The van der Waals surface area contributed by atoms with Crippen molar-refractivity contribution in [2.75, 3.05) is 13.2 Å². The summed E-state index contributed by atoms with van der Waals surface area (Å²) in [5.41, 5.74) is 0. The molecule has 0 radical (unpaired) electrons. The van der Waals surface area contributed by atoms with Gasteiger partial charge in [0.2, 0.25) is 0 Å². The SMILES string of the molecule is CCCCC/C=C\C/C=C\C/C=C\CCCCCCCCC(=O)OCC(COC(=O)CCCCCCCCCCCCCCCC)OC(=O)CCCCCCCCC/C=C\CCCCCCCCC. The standard InChI is InChI=1S/C63H114O6/c1-4-7-10-13-16-19-22-25-28-30-32-34-35-38-41-44-47-50-53-56-62(65)68-59-60(58-67-61(64)55-52-49-46-43-40-37-27-24-21-18-15-12-9-6-3)69-63(66)57-54-51-48-45-42-39-36-33-31-29-26-23-20-17-14-11-8-5-2/h16,19,25,28-29,31-32,34,60H,4-15,17-18,20-24,26-27,30,33,35-59H2,1-3H3/b19-16-,28-25-,31-29-,34-32-. The summed E-state index contributed by atoms with van der Waals surface area (Å²) in [5.74, 6) is -0.876. The molecule has 0 saturated carbocycles. The number of carbonyl (C=O) groups excluding carboxylic acids is 3. The maximum atomic E-state index is 12.9. The Morgan fingerprint density at radius 1 is 0.290 bits per heavy atom. The van der Waals surface area contributed by atoms with Crippen molar-refractivity contribution >= 4 is 17.9 Å². The highest BCUT2D eigenvalue weighted by molar-refractivity contribution is 5.71. The average Bonchev–Trinajstić information content (AvgIpc) is 3.35. The number of unbranched alkanes of at least 4 members (excludes halogenated alkanes) is 36. The van der Waals surface area contributed by atoms with Crippen LogP contribution in [0.2, 0.25) is 0 Å². The van der Waals surface area contributed by atoms with Crippen LogP contribution in [0.5, 0.6) is 0 Å². The third-order valence-electron chi connectivity index (χ3n) is 13.3. The molecule has 0 amide bonds. The van der Waals surface area contributed by atoms with Crippen molar-refractivity contribution < 1.29 is 28.6 Å². The molecule has 1 unspecified atom stereocenters. The van der Waals surface area contributed by atoms with E-state index in [9.17, 15) is 14.4 Å². The molecule has 6 nitrogen and oxygen atoms in total. The van der Waals surface area contributed by atoms with Crippen molar-refractivity contribution in [2.45, 2.75) is 322 Å². The Morgan fingerprint density at radius 2 is 0.522 bits per heavy atom. The van der Waals surface area contributed by atoms with E-state index in [2.05, 4.69) is 69.4 Å². The van der Waals surface area contributed by atoms with E-state index in [1.807, 2.05) is 0 Å². The highest BCUT2D eigenvalue weighted by Gasteiger charge is 2.19. The van der Waals surface area contributed by atoms with Gasteiger partial charge in [-0.15, -0.1) is 0 Å². The summed E-state index contributed by atoms with van der Waals surface area (Å²) >= 11 is 0. The van der Waals surface area contributed by atoms with Crippen molar-refractivity contribution in [1.29, 1.82) is 0 Å². The van der Waals surface area contributed by atoms with Gasteiger partial charge in [0.05, 0.1) is 0 Å². The molecule has 0 fully saturated rings. The molecule has 0 aliphatic carbocycles. The summed E-state index contributed by atoms with van der Waals surface area (Å²) in [6, 6.07) is 0. The highest BCUT2D eigenvalue weighted by atomic mass is 16.6. The molecular formula is C63H114O6. The van der Waals surface area contributed by atoms with Gasteiger partial charge in [-0.05, 0) is 83.5 Å². The molecule has 0 aromatic heterocycles. The van der Waals surface area contributed by atoms with E-state index in [0.29, 0.717) is 19.3 Å². The van der Waals surface area contributed by atoms with Crippen LogP contribution >= 0.6 is 0 Å². The molecule has 6 heteroatoms. The van der Waals surface area contributed by atoms with Crippen LogP contribution in [0.4, 0.5) is 0 Å². The number of hydrogen-bond donors (Lipinski definition) is 0. The zero-order valence-corrected chi connectivity index (χ0v) is 46.1. The minimum atomic E-state index is -0.779. The molecule has 0 aromatic carbocycles. The van der Waals surface area contributed by atoms with Crippen LogP contribution in [0.3, 0.4) is 0 Å².